The van der Waals surface area contributed by atoms with Crippen LogP contribution in [0.25, 0.3) is 0 Å². The van der Waals surface area contributed by atoms with Crippen LogP contribution in [0.5, 0.6) is 0 Å². The minimum Gasteiger partial charge on any atom is -0.448 e. The van der Waals surface area contributed by atoms with Gasteiger partial charge in [-0.1, -0.05) is 27.7 Å². The Balaban J connectivity index is 2.68. The Hall–Kier alpha value is -0.830. The predicted molar refractivity (Wildman–Crippen MR) is 61.6 cm³/mol. The van der Waals surface area contributed by atoms with E-state index in [4.69, 9.17) is 4.42 Å². The van der Waals surface area contributed by atoms with Crippen molar-refractivity contribution in [1.82, 2.24) is 10.3 Å². The van der Waals surface area contributed by atoms with Gasteiger partial charge in [0.2, 0.25) is 0 Å². The van der Waals surface area contributed by atoms with Crippen molar-refractivity contribution in [2.75, 3.05) is 7.05 Å². The van der Waals surface area contributed by atoms with Crippen molar-refractivity contribution in [2.24, 2.45) is 11.3 Å². The molecule has 0 saturated carbocycles. The Kier molecular flexibility index (Phi) is 3.91. The molecule has 0 fully saturated rings. The van der Waals surface area contributed by atoms with E-state index in [9.17, 15) is 0 Å². The van der Waals surface area contributed by atoms with Crippen LogP contribution in [-0.4, -0.2) is 12.0 Å². The third-order valence-electron chi connectivity index (χ3n) is 3.04. The summed E-state index contributed by atoms with van der Waals surface area (Å²) in [5.74, 6) is 1.60. The van der Waals surface area contributed by atoms with Crippen molar-refractivity contribution in [3.05, 3.63) is 17.8 Å². The van der Waals surface area contributed by atoms with Gasteiger partial charge in [-0.2, -0.15) is 0 Å². The molecule has 0 radical (unpaired) electrons. The Morgan fingerprint density at radius 3 is 2.67 bits per heavy atom. The van der Waals surface area contributed by atoms with E-state index in [1.54, 1.807) is 0 Å². The molecule has 0 aliphatic carbocycles. The van der Waals surface area contributed by atoms with Crippen molar-refractivity contribution in [2.45, 2.75) is 40.7 Å². The van der Waals surface area contributed by atoms with E-state index in [0.717, 1.165) is 24.4 Å². The third kappa shape index (κ3) is 3.34. The molecule has 0 aromatic carbocycles. The first-order valence-corrected chi connectivity index (χ1v) is 5.51. The van der Waals surface area contributed by atoms with Gasteiger partial charge in [0.1, 0.15) is 5.76 Å². The minimum atomic E-state index is 0.309. The molecule has 1 heterocycles. The SMILES string of the molecule is CNCc1ncoc1CC(C)C(C)(C)C. The summed E-state index contributed by atoms with van der Waals surface area (Å²) in [4.78, 5) is 4.21. The first kappa shape index (κ1) is 12.2. The first-order valence-electron chi connectivity index (χ1n) is 5.51. The Bertz CT molecular complexity index is 299. The Labute approximate surface area is 92.3 Å². The number of nitrogens with zero attached hydrogens (tertiary/aromatic N) is 1. The number of hydrogen-bond donors (Lipinski definition) is 1. The summed E-state index contributed by atoms with van der Waals surface area (Å²) in [6.07, 6.45) is 2.50. The highest BCUT2D eigenvalue weighted by atomic mass is 16.3. The Morgan fingerprint density at radius 1 is 1.47 bits per heavy atom. The first-order chi connectivity index (χ1) is 6.95. The highest BCUT2D eigenvalue weighted by Gasteiger charge is 2.22. The van der Waals surface area contributed by atoms with Gasteiger partial charge >= 0.3 is 0 Å². The average molecular weight is 210 g/mol. The molecule has 0 saturated heterocycles. The van der Waals surface area contributed by atoms with E-state index in [2.05, 4.69) is 38.0 Å². The van der Waals surface area contributed by atoms with E-state index in [0.29, 0.717) is 11.3 Å². The predicted octanol–water partition coefficient (Wildman–Crippen LogP) is 2.62. The maximum atomic E-state index is 5.43. The summed E-state index contributed by atoms with van der Waals surface area (Å²) < 4.78 is 5.43. The topological polar surface area (TPSA) is 38.1 Å². The second-order valence-corrected chi connectivity index (χ2v) is 5.22. The summed E-state index contributed by atoms with van der Waals surface area (Å²) in [6.45, 7) is 9.80. The van der Waals surface area contributed by atoms with Gasteiger partial charge in [0.25, 0.3) is 0 Å². The molecule has 0 bridgehead atoms. The lowest BCUT2D eigenvalue weighted by atomic mass is 9.79. The van der Waals surface area contributed by atoms with Crippen molar-refractivity contribution in [3.8, 4) is 0 Å². The fourth-order valence-corrected chi connectivity index (χ4v) is 1.36. The molecule has 1 aromatic rings. The van der Waals surface area contributed by atoms with Gasteiger partial charge in [0, 0.05) is 13.0 Å². The molecular weight excluding hydrogens is 188 g/mol. The summed E-state index contributed by atoms with van der Waals surface area (Å²) in [5.41, 5.74) is 1.34. The number of oxazole rings is 1. The summed E-state index contributed by atoms with van der Waals surface area (Å²) in [5, 5.41) is 3.10. The van der Waals surface area contributed by atoms with Crippen LogP contribution in [-0.2, 0) is 13.0 Å². The number of rotatable bonds is 4. The molecule has 0 aliphatic heterocycles. The molecular formula is C12H22N2O. The van der Waals surface area contributed by atoms with Crippen molar-refractivity contribution >= 4 is 0 Å². The van der Waals surface area contributed by atoms with Crippen LogP contribution in [0, 0.1) is 11.3 Å². The fraction of sp³-hybridized carbons (Fsp3) is 0.750. The molecule has 1 aromatic heterocycles. The van der Waals surface area contributed by atoms with Gasteiger partial charge in [0.15, 0.2) is 6.39 Å². The lowest BCUT2D eigenvalue weighted by Gasteiger charge is -2.26. The van der Waals surface area contributed by atoms with Crippen LogP contribution < -0.4 is 5.32 Å². The molecule has 0 aliphatic rings. The lowest BCUT2D eigenvalue weighted by molar-refractivity contribution is 0.247. The maximum Gasteiger partial charge on any atom is 0.181 e. The largest absolute Gasteiger partial charge is 0.448 e. The molecule has 1 N–H and O–H groups in total. The van der Waals surface area contributed by atoms with Gasteiger partial charge < -0.3 is 9.73 Å². The molecule has 0 amide bonds. The minimum absolute atomic E-state index is 0.309. The monoisotopic (exact) mass is 210 g/mol. The highest BCUT2D eigenvalue weighted by molar-refractivity contribution is 5.08. The van der Waals surface area contributed by atoms with E-state index in [1.165, 1.54) is 6.39 Å². The van der Waals surface area contributed by atoms with E-state index in [1.807, 2.05) is 7.05 Å². The number of hydrogen-bond acceptors (Lipinski definition) is 3. The molecule has 1 atom stereocenters. The van der Waals surface area contributed by atoms with Crippen molar-refractivity contribution in [3.63, 3.8) is 0 Å². The number of nitrogens with one attached hydrogen (secondary N) is 1. The lowest BCUT2D eigenvalue weighted by Crippen LogP contribution is -2.20. The summed E-state index contributed by atoms with van der Waals surface area (Å²) in [6, 6.07) is 0. The quantitative estimate of drug-likeness (QED) is 0.830. The molecule has 1 rings (SSSR count). The van der Waals surface area contributed by atoms with Gasteiger partial charge in [-0.05, 0) is 18.4 Å². The molecule has 3 nitrogen and oxygen atoms in total. The van der Waals surface area contributed by atoms with Crippen LogP contribution in [0.1, 0.15) is 39.1 Å². The van der Waals surface area contributed by atoms with Gasteiger partial charge in [0.05, 0.1) is 5.69 Å². The highest BCUT2D eigenvalue weighted by Crippen LogP contribution is 2.29. The van der Waals surface area contributed by atoms with Crippen LogP contribution in [0.2, 0.25) is 0 Å². The molecule has 3 heteroatoms. The van der Waals surface area contributed by atoms with Crippen LogP contribution in [0.3, 0.4) is 0 Å². The zero-order valence-corrected chi connectivity index (χ0v) is 10.4. The molecule has 86 valence electrons. The van der Waals surface area contributed by atoms with E-state index in [-0.39, 0.29) is 0 Å². The second-order valence-electron chi connectivity index (χ2n) is 5.22. The van der Waals surface area contributed by atoms with Crippen LogP contribution in [0.15, 0.2) is 10.8 Å². The van der Waals surface area contributed by atoms with Gasteiger partial charge in [-0.15, -0.1) is 0 Å². The average Bonchev–Trinajstić information content (AvgIpc) is 2.52. The van der Waals surface area contributed by atoms with Crippen molar-refractivity contribution in [1.29, 1.82) is 0 Å². The van der Waals surface area contributed by atoms with Gasteiger partial charge in [-0.3, -0.25) is 0 Å². The summed E-state index contributed by atoms with van der Waals surface area (Å²) >= 11 is 0. The molecule has 0 spiro atoms. The standard InChI is InChI=1S/C12H22N2O/c1-9(12(2,3)4)6-11-10(7-13-5)14-8-15-11/h8-9,13H,6-7H2,1-5H3. The van der Waals surface area contributed by atoms with E-state index < -0.39 is 0 Å². The molecule has 1 unspecified atom stereocenters. The van der Waals surface area contributed by atoms with E-state index >= 15 is 0 Å². The van der Waals surface area contributed by atoms with Gasteiger partial charge in [-0.25, -0.2) is 4.98 Å². The Morgan fingerprint density at radius 2 is 2.13 bits per heavy atom. The fourth-order valence-electron chi connectivity index (χ4n) is 1.36. The zero-order valence-electron chi connectivity index (χ0n) is 10.4. The molecule has 15 heavy (non-hydrogen) atoms. The smallest absolute Gasteiger partial charge is 0.181 e. The maximum absolute atomic E-state index is 5.43. The zero-order chi connectivity index (χ0) is 11.5. The summed E-state index contributed by atoms with van der Waals surface area (Å²) in [7, 11) is 1.92. The number of aromatic nitrogens is 1. The normalized spacial score (nSPS) is 14.2. The third-order valence-corrected chi connectivity index (χ3v) is 3.04. The van der Waals surface area contributed by atoms with Crippen molar-refractivity contribution < 1.29 is 4.42 Å². The van der Waals surface area contributed by atoms with Crippen LogP contribution >= 0.6 is 0 Å². The van der Waals surface area contributed by atoms with Crippen LogP contribution in [0.4, 0.5) is 0 Å². The second kappa shape index (κ2) is 4.79.